The quantitative estimate of drug-likeness (QED) is 0.289. The monoisotopic (exact) mass is 570 g/mol. The second-order valence-corrected chi connectivity index (χ2v) is 11.8. The highest BCUT2D eigenvalue weighted by atomic mass is 32.1. The molecule has 0 saturated carbocycles. The van der Waals surface area contributed by atoms with Crippen LogP contribution in [0.1, 0.15) is 35.2 Å². The number of piperidine rings is 1. The van der Waals surface area contributed by atoms with Crippen molar-refractivity contribution in [3.05, 3.63) is 99.7 Å². The summed E-state index contributed by atoms with van der Waals surface area (Å²) in [6.45, 7) is 4.15. The highest BCUT2D eigenvalue weighted by Gasteiger charge is 2.53. The molecule has 3 heterocycles. The molecule has 0 aliphatic carbocycles. The van der Waals surface area contributed by atoms with Crippen molar-refractivity contribution in [2.75, 3.05) is 38.3 Å². The molecule has 2 saturated heterocycles. The van der Waals surface area contributed by atoms with Gasteiger partial charge in [-0.05, 0) is 67.8 Å². The molecule has 1 aromatic heterocycles. The summed E-state index contributed by atoms with van der Waals surface area (Å²) in [7, 11) is 1.37. The molecule has 1 amide bonds. The number of hydrogen-bond donors (Lipinski definition) is 0. The Bertz CT molecular complexity index is 1610. The Kier molecular flexibility index (Phi) is 7.64. The van der Waals surface area contributed by atoms with Crippen LogP contribution in [0.4, 0.5) is 5.69 Å². The third-order valence-electron chi connectivity index (χ3n) is 8.42. The molecular formula is C32H34N4O4S. The fourth-order valence-corrected chi connectivity index (χ4v) is 7.20. The van der Waals surface area contributed by atoms with E-state index in [1.807, 2.05) is 70.1 Å². The van der Waals surface area contributed by atoms with E-state index >= 15 is 0 Å². The lowest BCUT2D eigenvalue weighted by Gasteiger charge is -2.43. The van der Waals surface area contributed by atoms with E-state index < -0.39 is 5.54 Å². The molecule has 0 N–H and O–H groups in total. The molecule has 0 unspecified atom stereocenters. The molecule has 0 bridgehead atoms. The third kappa shape index (κ3) is 5.27. The average Bonchev–Trinajstić information content (AvgIpc) is 3.47. The number of rotatable bonds is 8. The van der Waals surface area contributed by atoms with E-state index in [4.69, 9.17) is 4.74 Å². The molecule has 2 fully saturated rings. The van der Waals surface area contributed by atoms with Crippen molar-refractivity contribution in [2.45, 2.75) is 37.9 Å². The summed E-state index contributed by atoms with van der Waals surface area (Å²) in [6.07, 6.45) is 2.36. The summed E-state index contributed by atoms with van der Waals surface area (Å²) >= 11 is 1.30. The van der Waals surface area contributed by atoms with Crippen LogP contribution in [0.25, 0.3) is 10.2 Å². The number of benzene rings is 3. The number of ether oxygens (including phenoxy) is 1. The molecule has 0 radical (unpaired) electrons. The molecular weight excluding hydrogens is 536 g/mol. The predicted octanol–water partition coefficient (Wildman–Crippen LogP) is 4.58. The Hall–Kier alpha value is -3.95. The minimum atomic E-state index is -0.599. The maximum atomic E-state index is 14.1. The van der Waals surface area contributed by atoms with Crippen molar-refractivity contribution in [3.8, 4) is 0 Å². The second kappa shape index (κ2) is 11.5. The second-order valence-electron chi connectivity index (χ2n) is 10.8. The van der Waals surface area contributed by atoms with Gasteiger partial charge < -0.3 is 19.4 Å². The number of methoxy groups -OCH3 is 1. The minimum Gasteiger partial charge on any atom is -0.465 e. The lowest BCUT2D eigenvalue weighted by molar-refractivity contribution is -0.134. The zero-order valence-electron chi connectivity index (χ0n) is 23.2. The van der Waals surface area contributed by atoms with Crippen molar-refractivity contribution in [1.82, 2.24) is 14.4 Å². The molecule has 3 aromatic carbocycles. The maximum Gasteiger partial charge on any atom is 0.337 e. The van der Waals surface area contributed by atoms with Gasteiger partial charge in [-0.15, -0.1) is 0 Å². The zero-order valence-corrected chi connectivity index (χ0v) is 24.0. The van der Waals surface area contributed by atoms with Crippen LogP contribution >= 0.6 is 11.3 Å². The van der Waals surface area contributed by atoms with Crippen molar-refractivity contribution >= 4 is 39.1 Å². The Labute approximate surface area is 243 Å². The van der Waals surface area contributed by atoms with E-state index in [2.05, 4.69) is 21.9 Å². The number of thiazole rings is 1. The fraction of sp³-hybridized carbons (Fsp3) is 0.344. The number of carbonyl (C=O) groups excluding carboxylic acids is 2. The highest BCUT2D eigenvalue weighted by molar-refractivity contribution is 7.16. The van der Waals surface area contributed by atoms with Crippen LogP contribution in [-0.4, -0.2) is 65.2 Å². The summed E-state index contributed by atoms with van der Waals surface area (Å²) in [4.78, 5) is 45.4. The summed E-state index contributed by atoms with van der Waals surface area (Å²) in [5, 5.41) is 0. The smallest absolute Gasteiger partial charge is 0.337 e. The lowest BCUT2D eigenvalue weighted by Crippen LogP contribution is -2.56. The summed E-state index contributed by atoms with van der Waals surface area (Å²) in [6, 6.07) is 25.4. The SMILES string of the molecule is COC(=O)c1cccc(CN2CN(c3ccccc3)C3(CCN(CCCn4c(=O)sc5ccccc54)CC3)C2=O)c1. The first kappa shape index (κ1) is 27.2. The van der Waals surface area contributed by atoms with E-state index in [0.29, 0.717) is 25.3 Å². The summed E-state index contributed by atoms with van der Waals surface area (Å²) in [5.41, 5.74) is 2.84. The van der Waals surface area contributed by atoms with Crippen LogP contribution in [0.2, 0.25) is 0 Å². The van der Waals surface area contributed by atoms with Gasteiger partial charge in [0.05, 0.1) is 29.6 Å². The van der Waals surface area contributed by atoms with Gasteiger partial charge in [0.25, 0.3) is 0 Å². The van der Waals surface area contributed by atoms with Gasteiger partial charge in [0.15, 0.2) is 0 Å². The van der Waals surface area contributed by atoms with Gasteiger partial charge >= 0.3 is 10.8 Å². The van der Waals surface area contributed by atoms with Gasteiger partial charge in [-0.2, -0.15) is 0 Å². The first-order valence-electron chi connectivity index (χ1n) is 14.1. The van der Waals surface area contributed by atoms with Crippen molar-refractivity contribution in [3.63, 3.8) is 0 Å². The molecule has 0 atom stereocenters. The average molecular weight is 571 g/mol. The van der Waals surface area contributed by atoms with E-state index in [0.717, 1.165) is 60.4 Å². The molecule has 212 valence electrons. The Balaban J connectivity index is 1.15. The van der Waals surface area contributed by atoms with E-state index in [1.54, 1.807) is 6.07 Å². The van der Waals surface area contributed by atoms with Gasteiger partial charge in [0.1, 0.15) is 5.54 Å². The normalized spacial score (nSPS) is 17.0. The first-order chi connectivity index (χ1) is 20.0. The Morgan fingerprint density at radius 3 is 2.46 bits per heavy atom. The largest absolute Gasteiger partial charge is 0.465 e. The summed E-state index contributed by atoms with van der Waals surface area (Å²) < 4.78 is 7.79. The van der Waals surface area contributed by atoms with Crippen LogP contribution in [0, 0.1) is 0 Å². The number of aromatic nitrogens is 1. The lowest BCUT2D eigenvalue weighted by atomic mass is 9.85. The van der Waals surface area contributed by atoms with Crippen molar-refractivity contribution in [2.24, 2.45) is 0 Å². The topological polar surface area (TPSA) is 75.1 Å². The van der Waals surface area contributed by atoms with Crippen LogP contribution in [0.5, 0.6) is 0 Å². The molecule has 4 aromatic rings. The fourth-order valence-electron chi connectivity index (χ4n) is 6.28. The van der Waals surface area contributed by atoms with E-state index in [1.165, 1.54) is 18.4 Å². The van der Waals surface area contributed by atoms with Crippen LogP contribution in [-0.2, 0) is 22.6 Å². The van der Waals surface area contributed by atoms with Gasteiger partial charge in [-0.25, -0.2) is 4.79 Å². The molecule has 1 spiro atoms. The number of nitrogens with zero attached hydrogens (tertiary/aromatic N) is 4. The number of carbonyl (C=O) groups is 2. The standard InChI is InChI=1S/C32H34N4O4S/c1-40-29(37)25-10-7-9-24(21-25)22-34-23-36(26-11-3-2-4-12-26)32(30(34)38)15-19-33(20-16-32)17-8-18-35-27-13-5-6-14-28(27)41-31(35)39/h2-7,9-14,21H,8,15-20,22-23H2,1H3. The van der Waals surface area contributed by atoms with Crippen molar-refractivity contribution in [1.29, 1.82) is 0 Å². The molecule has 9 heteroatoms. The maximum absolute atomic E-state index is 14.1. The number of hydrogen-bond acceptors (Lipinski definition) is 7. The van der Waals surface area contributed by atoms with E-state index in [9.17, 15) is 14.4 Å². The summed E-state index contributed by atoms with van der Waals surface area (Å²) in [5.74, 6) is -0.243. The van der Waals surface area contributed by atoms with E-state index in [-0.39, 0.29) is 16.7 Å². The number of esters is 1. The highest BCUT2D eigenvalue weighted by Crippen LogP contribution is 2.40. The number of para-hydroxylation sites is 2. The Morgan fingerprint density at radius 2 is 1.68 bits per heavy atom. The van der Waals surface area contributed by atoms with Crippen LogP contribution < -0.4 is 9.77 Å². The number of amides is 1. The van der Waals surface area contributed by atoms with Crippen LogP contribution in [0.3, 0.4) is 0 Å². The minimum absolute atomic E-state index is 0.0936. The first-order valence-corrected chi connectivity index (χ1v) is 14.9. The van der Waals surface area contributed by atoms with Gasteiger partial charge in [0, 0.05) is 31.9 Å². The Morgan fingerprint density at radius 1 is 0.927 bits per heavy atom. The predicted molar refractivity (Wildman–Crippen MR) is 161 cm³/mol. The number of fused-ring (bicyclic) bond motifs is 1. The van der Waals surface area contributed by atoms with Gasteiger partial charge in [-0.3, -0.25) is 14.2 Å². The van der Waals surface area contributed by atoms with Crippen LogP contribution in [0.15, 0.2) is 83.7 Å². The third-order valence-corrected chi connectivity index (χ3v) is 9.38. The van der Waals surface area contributed by atoms with Crippen molar-refractivity contribution < 1.29 is 14.3 Å². The van der Waals surface area contributed by atoms with Gasteiger partial charge in [-0.1, -0.05) is 53.8 Å². The molecule has 2 aliphatic heterocycles. The zero-order chi connectivity index (χ0) is 28.4. The number of likely N-dealkylation sites (tertiary alicyclic amines) is 1. The molecule has 2 aliphatic rings. The number of anilines is 1. The van der Waals surface area contributed by atoms with Gasteiger partial charge in [0.2, 0.25) is 5.91 Å². The molecule has 8 nitrogen and oxygen atoms in total. The molecule has 6 rings (SSSR count). The molecule has 41 heavy (non-hydrogen) atoms. The number of aryl methyl sites for hydroxylation is 1.